The number of aliphatic hydroxyl groups excluding tert-OH is 1. The zero-order chi connectivity index (χ0) is 18.8. The van der Waals surface area contributed by atoms with Crippen LogP contribution in [-0.4, -0.2) is 10.1 Å². The summed E-state index contributed by atoms with van der Waals surface area (Å²) in [7, 11) is 0. The molecule has 2 atom stereocenters. The molecular formula is C22H18ClNOS2. The van der Waals surface area contributed by atoms with Gasteiger partial charge in [0.15, 0.2) is 0 Å². The summed E-state index contributed by atoms with van der Waals surface area (Å²) in [6.07, 6.45) is 2.74. The van der Waals surface area contributed by atoms with Gasteiger partial charge in [-0.1, -0.05) is 36.7 Å². The van der Waals surface area contributed by atoms with Crippen molar-refractivity contribution in [2.45, 2.75) is 18.9 Å². The number of rotatable bonds is 5. The molecule has 4 rings (SSSR count). The van der Waals surface area contributed by atoms with Crippen LogP contribution in [0.25, 0.3) is 11.1 Å². The van der Waals surface area contributed by atoms with E-state index >= 15 is 0 Å². The van der Waals surface area contributed by atoms with E-state index in [4.69, 9.17) is 11.6 Å². The van der Waals surface area contributed by atoms with Crippen LogP contribution in [0.1, 0.15) is 40.5 Å². The molecule has 0 radical (unpaired) electrons. The third-order valence-electron chi connectivity index (χ3n) is 4.73. The number of aromatic nitrogens is 1. The lowest BCUT2D eigenvalue weighted by Crippen LogP contribution is -2.06. The Morgan fingerprint density at radius 1 is 1.04 bits per heavy atom. The number of nitrogens with zero attached hydrogens (tertiary/aromatic N) is 1. The zero-order valence-corrected chi connectivity index (χ0v) is 17.1. The zero-order valence-electron chi connectivity index (χ0n) is 14.7. The molecule has 5 heteroatoms. The van der Waals surface area contributed by atoms with Gasteiger partial charge < -0.3 is 5.11 Å². The summed E-state index contributed by atoms with van der Waals surface area (Å²) in [5, 5.41) is 18.3. The first-order valence-electron chi connectivity index (χ1n) is 8.62. The van der Waals surface area contributed by atoms with E-state index in [-0.39, 0.29) is 5.92 Å². The minimum Gasteiger partial charge on any atom is -0.384 e. The Morgan fingerprint density at radius 2 is 1.85 bits per heavy atom. The van der Waals surface area contributed by atoms with Gasteiger partial charge in [-0.2, -0.15) is 11.3 Å². The molecule has 3 aromatic heterocycles. The van der Waals surface area contributed by atoms with Crippen molar-refractivity contribution in [1.82, 2.24) is 4.98 Å². The van der Waals surface area contributed by atoms with Gasteiger partial charge in [0.05, 0.1) is 0 Å². The van der Waals surface area contributed by atoms with Gasteiger partial charge in [-0.25, -0.2) is 0 Å². The second-order valence-corrected chi connectivity index (χ2v) is 8.53. The maximum atomic E-state index is 11.2. The molecule has 0 saturated carbocycles. The Bertz CT molecular complexity index is 1010. The predicted molar refractivity (Wildman–Crippen MR) is 115 cm³/mol. The number of benzene rings is 1. The summed E-state index contributed by atoms with van der Waals surface area (Å²) in [6, 6.07) is 13.8. The van der Waals surface area contributed by atoms with Crippen molar-refractivity contribution in [3.63, 3.8) is 0 Å². The molecule has 0 aliphatic heterocycles. The van der Waals surface area contributed by atoms with Gasteiger partial charge in [-0.3, -0.25) is 4.98 Å². The number of pyridine rings is 1. The molecule has 2 nitrogen and oxygen atoms in total. The van der Waals surface area contributed by atoms with Crippen LogP contribution in [0.2, 0.25) is 5.02 Å². The molecule has 1 N–H and O–H groups in total. The van der Waals surface area contributed by atoms with Gasteiger partial charge in [-0.05, 0) is 57.1 Å². The first-order valence-corrected chi connectivity index (χ1v) is 10.8. The van der Waals surface area contributed by atoms with Gasteiger partial charge in [0, 0.05) is 39.3 Å². The highest BCUT2D eigenvalue weighted by atomic mass is 35.5. The van der Waals surface area contributed by atoms with Crippen molar-refractivity contribution >= 4 is 34.3 Å². The second-order valence-electron chi connectivity index (χ2n) is 6.40. The van der Waals surface area contributed by atoms with E-state index in [1.807, 2.05) is 24.3 Å². The highest BCUT2D eigenvalue weighted by molar-refractivity contribution is 7.11. The largest absolute Gasteiger partial charge is 0.384 e. The van der Waals surface area contributed by atoms with Gasteiger partial charge in [-0.15, -0.1) is 11.3 Å². The van der Waals surface area contributed by atoms with Crippen molar-refractivity contribution in [1.29, 1.82) is 0 Å². The molecular weight excluding hydrogens is 394 g/mol. The van der Waals surface area contributed by atoms with Gasteiger partial charge >= 0.3 is 0 Å². The minimum atomic E-state index is -0.718. The summed E-state index contributed by atoms with van der Waals surface area (Å²) in [6.45, 7) is 2.17. The SMILES string of the molecule is CC(c1ccc(Cl)cc1)c1scc(-c2ccsc2)c1C(O)c1cccnc1. The van der Waals surface area contributed by atoms with Crippen molar-refractivity contribution in [2.24, 2.45) is 0 Å². The number of thiophene rings is 2. The lowest BCUT2D eigenvalue weighted by Gasteiger charge is -2.19. The molecule has 27 heavy (non-hydrogen) atoms. The maximum absolute atomic E-state index is 11.2. The first kappa shape index (κ1) is 18.4. The summed E-state index contributed by atoms with van der Waals surface area (Å²) in [5.41, 5.74) is 5.18. The topological polar surface area (TPSA) is 33.1 Å². The van der Waals surface area contributed by atoms with Crippen LogP contribution in [0, 0.1) is 0 Å². The van der Waals surface area contributed by atoms with E-state index in [1.54, 1.807) is 35.1 Å². The molecule has 0 amide bonds. The third-order valence-corrected chi connectivity index (χ3v) is 6.84. The molecule has 4 aromatic rings. The average Bonchev–Trinajstić information content (AvgIpc) is 3.37. The smallest absolute Gasteiger partial charge is 0.107 e. The highest BCUT2D eigenvalue weighted by Crippen LogP contribution is 2.43. The van der Waals surface area contributed by atoms with Crippen LogP contribution >= 0.6 is 34.3 Å². The summed E-state index contributed by atoms with van der Waals surface area (Å²) in [5.74, 6) is 0.154. The van der Waals surface area contributed by atoms with Crippen LogP contribution in [0.5, 0.6) is 0 Å². The van der Waals surface area contributed by atoms with E-state index in [1.165, 1.54) is 5.56 Å². The van der Waals surface area contributed by atoms with Gasteiger partial charge in [0.25, 0.3) is 0 Å². The fraction of sp³-hybridized carbons (Fsp3) is 0.136. The Labute approximate surface area is 171 Å². The third kappa shape index (κ3) is 3.71. The van der Waals surface area contributed by atoms with E-state index in [2.05, 4.69) is 46.2 Å². The fourth-order valence-electron chi connectivity index (χ4n) is 3.25. The number of hydrogen-bond acceptors (Lipinski definition) is 4. The van der Waals surface area contributed by atoms with Crippen LogP contribution in [0.15, 0.2) is 71.0 Å². The van der Waals surface area contributed by atoms with Gasteiger partial charge in [0.2, 0.25) is 0 Å². The number of halogens is 1. The second kappa shape index (κ2) is 7.95. The fourth-order valence-corrected chi connectivity index (χ4v) is 5.23. The summed E-state index contributed by atoms with van der Waals surface area (Å²) < 4.78 is 0. The quantitative estimate of drug-likeness (QED) is 0.393. The maximum Gasteiger partial charge on any atom is 0.107 e. The normalized spacial score (nSPS) is 13.4. The summed E-state index contributed by atoms with van der Waals surface area (Å²) >= 11 is 9.41. The standard InChI is InChI=1S/C22H18ClNOS2/c1-14(15-4-6-18(23)7-5-15)22-20(21(25)16-3-2-9-24-11-16)19(13-27-22)17-8-10-26-12-17/h2-14,21,25H,1H3. The van der Waals surface area contributed by atoms with Crippen molar-refractivity contribution in [3.05, 3.63) is 97.6 Å². The van der Waals surface area contributed by atoms with Crippen LogP contribution in [0.3, 0.4) is 0 Å². The molecule has 0 bridgehead atoms. The van der Waals surface area contributed by atoms with Crippen LogP contribution in [0.4, 0.5) is 0 Å². The molecule has 3 heterocycles. The molecule has 1 aromatic carbocycles. The highest BCUT2D eigenvalue weighted by Gasteiger charge is 2.25. The first-order chi connectivity index (χ1) is 13.1. The Hall–Kier alpha value is -1.98. The van der Waals surface area contributed by atoms with E-state index in [9.17, 15) is 5.11 Å². The van der Waals surface area contributed by atoms with E-state index < -0.39 is 6.10 Å². The van der Waals surface area contributed by atoms with E-state index in [0.717, 1.165) is 32.2 Å². The van der Waals surface area contributed by atoms with Crippen molar-refractivity contribution in [2.75, 3.05) is 0 Å². The Morgan fingerprint density at radius 3 is 2.52 bits per heavy atom. The molecule has 2 unspecified atom stereocenters. The lowest BCUT2D eigenvalue weighted by atomic mass is 9.90. The monoisotopic (exact) mass is 411 g/mol. The Balaban J connectivity index is 1.83. The molecule has 0 spiro atoms. The van der Waals surface area contributed by atoms with Crippen molar-refractivity contribution < 1.29 is 5.11 Å². The summed E-state index contributed by atoms with van der Waals surface area (Å²) in [4.78, 5) is 5.34. The predicted octanol–water partition coefficient (Wildman–Crippen LogP) is 6.76. The van der Waals surface area contributed by atoms with Crippen molar-refractivity contribution in [3.8, 4) is 11.1 Å². The Kier molecular flexibility index (Phi) is 5.41. The van der Waals surface area contributed by atoms with E-state index in [0.29, 0.717) is 0 Å². The lowest BCUT2D eigenvalue weighted by molar-refractivity contribution is 0.219. The number of hydrogen-bond donors (Lipinski definition) is 1. The van der Waals surface area contributed by atoms with Crippen LogP contribution in [-0.2, 0) is 0 Å². The molecule has 136 valence electrons. The molecule has 0 aliphatic rings. The number of aliphatic hydroxyl groups is 1. The minimum absolute atomic E-state index is 0.154. The van der Waals surface area contributed by atoms with Crippen LogP contribution < -0.4 is 0 Å². The molecule has 0 fully saturated rings. The molecule has 0 saturated heterocycles. The van der Waals surface area contributed by atoms with Gasteiger partial charge in [0.1, 0.15) is 6.10 Å². The average molecular weight is 412 g/mol. The molecule has 0 aliphatic carbocycles.